The number of hydrazine groups is 3. The summed E-state index contributed by atoms with van der Waals surface area (Å²) in [7, 11) is 0. The van der Waals surface area contributed by atoms with Gasteiger partial charge in [-0.05, 0) is 12.1 Å². The maximum atomic E-state index is 11.2. The summed E-state index contributed by atoms with van der Waals surface area (Å²) in [5.41, 5.74) is 8.03. The van der Waals surface area contributed by atoms with E-state index in [0.29, 0.717) is 10.7 Å². The van der Waals surface area contributed by atoms with Crippen LogP contribution in [-0.2, 0) is 0 Å². The molecule has 68 valence electrons. The van der Waals surface area contributed by atoms with Crippen LogP contribution < -0.4 is 21.5 Å². The van der Waals surface area contributed by atoms with Gasteiger partial charge in [0.2, 0.25) is 0 Å². The molecule has 1 aromatic carbocycles. The molecule has 6 heteroatoms. The molecule has 0 unspecified atom stereocenters. The number of halogens is 1. The summed E-state index contributed by atoms with van der Waals surface area (Å²) < 4.78 is 0. The number of rotatable bonds is 1. The largest absolute Gasteiger partial charge is 0.353 e. The lowest BCUT2D eigenvalue weighted by atomic mass is 10.3. The van der Waals surface area contributed by atoms with Gasteiger partial charge in [0.05, 0.1) is 10.7 Å². The first-order valence-electron chi connectivity index (χ1n) is 3.64. The highest BCUT2D eigenvalue weighted by Crippen LogP contribution is 2.24. The summed E-state index contributed by atoms with van der Waals surface area (Å²) in [4.78, 5) is 11.2. The zero-order valence-corrected chi connectivity index (χ0v) is 7.30. The van der Waals surface area contributed by atoms with Crippen LogP contribution in [0.3, 0.4) is 0 Å². The summed E-state index contributed by atoms with van der Waals surface area (Å²) in [6.07, 6.45) is 0. The molecule has 5 nitrogen and oxygen atoms in total. The molecule has 0 aromatic heterocycles. The number of urea groups is 1. The Morgan fingerprint density at radius 1 is 1.31 bits per heavy atom. The van der Waals surface area contributed by atoms with Crippen LogP contribution in [0.4, 0.5) is 10.5 Å². The van der Waals surface area contributed by atoms with Gasteiger partial charge in [-0.25, -0.2) is 9.80 Å². The Bertz CT molecular complexity index is 343. The highest BCUT2D eigenvalue weighted by molar-refractivity contribution is 6.33. The Kier molecular flexibility index (Phi) is 2.05. The Morgan fingerprint density at radius 2 is 2.08 bits per heavy atom. The fourth-order valence-electron chi connectivity index (χ4n) is 1.05. The Balaban J connectivity index is 2.34. The first kappa shape index (κ1) is 8.31. The van der Waals surface area contributed by atoms with Crippen molar-refractivity contribution in [3.05, 3.63) is 29.3 Å². The molecule has 0 saturated carbocycles. The number of carbonyl (C=O) groups is 1. The van der Waals surface area contributed by atoms with Gasteiger partial charge in [0.15, 0.2) is 0 Å². The average Bonchev–Trinajstić information content (AvgIpc) is 2.52. The smallest absolute Gasteiger partial charge is 0.257 e. The van der Waals surface area contributed by atoms with Gasteiger partial charge in [0.25, 0.3) is 0 Å². The molecule has 2 amide bonds. The monoisotopic (exact) mass is 198 g/mol. The number of anilines is 1. The highest BCUT2D eigenvalue weighted by Gasteiger charge is 2.22. The van der Waals surface area contributed by atoms with Gasteiger partial charge in [-0.2, -0.15) is 0 Å². The van der Waals surface area contributed by atoms with Gasteiger partial charge in [-0.3, -0.25) is 5.43 Å². The van der Waals surface area contributed by atoms with E-state index in [1.165, 1.54) is 5.01 Å². The van der Waals surface area contributed by atoms with Crippen LogP contribution in [0.5, 0.6) is 0 Å². The third-order valence-electron chi connectivity index (χ3n) is 1.63. The standard InChI is InChI=1S/C7H7ClN4O/c8-5-3-1-2-4-6(5)12-7(13)9-10-11-12/h1-4,10-11H,(H,9,13). The van der Waals surface area contributed by atoms with E-state index in [9.17, 15) is 4.79 Å². The van der Waals surface area contributed by atoms with Gasteiger partial charge < -0.3 is 0 Å². The third kappa shape index (κ3) is 1.44. The van der Waals surface area contributed by atoms with Crippen LogP contribution >= 0.6 is 11.6 Å². The van der Waals surface area contributed by atoms with Crippen molar-refractivity contribution in [3.63, 3.8) is 0 Å². The molecule has 0 atom stereocenters. The van der Waals surface area contributed by atoms with Crippen LogP contribution in [0, 0.1) is 0 Å². The lowest BCUT2D eigenvalue weighted by molar-refractivity contribution is 0.250. The molecule has 1 fully saturated rings. The number of hydrogen-bond donors (Lipinski definition) is 3. The van der Waals surface area contributed by atoms with Crippen molar-refractivity contribution in [3.8, 4) is 0 Å². The van der Waals surface area contributed by atoms with Crippen LogP contribution in [0.25, 0.3) is 0 Å². The quantitative estimate of drug-likeness (QED) is 0.626. The predicted molar refractivity (Wildman–Crippen MR) is 48.7 cm³/mol. The lowest BCUT2D eigenvalue weighted by Gasteiger charge is -2.13. The number of benzene rings is 1. The number of nitrogens with zero attached hydrogens (tertiary/aromatic N) is 1. The molecule has 2 rings (SSSR count). The van der Waals surface area contributed by atoms with E-state index in [-0.39, 0.29) is 6.03 Å². The van der Waals surface area contributed by atoms with Gasteiger partial charge in [-0.1, -0.05) is 23.7 Å². The minimum Gasteiger partial charge on any atom is -0.257 e. The summed E-state index contributed by atoms with van der Waals surface area (Å²) in [5, 5.41) is 1.79. The van der Waals surface area contributed by atoms with Gasteiger partial charge in [0.1, 0.15) is 0 Å². The summed E-state index contributed by atoms with van der Waals surface area (Å²) in [6, 6.07) is 6.75. The first-order valence-corrected chi connectivity index (χ1v) is 4.02. The molecule has 0 bridgehead atoms. The summed E-state index contributed by atoms with van der Waals surface area (Å²) in [5.74, 6) is 0. The Morgan fingerprint density at radius 3 is 2.69 bits per heavy atom. The van der Waals surface area contributed by atoms with Gasteiger partial charge in [0, 0.05) is 0 Å². The number of hydrogen-bond acceptors (Lipinski definition) is 3. The lowest BCUT2D eigenvalue weighted by Crippen LogP contribution is -2.37. The van der Waals surface area contributed by atoms with Gasteiger partial charge >= 0.3 is 6.03 Å². The Hall–Kier alpha value is -1.30. The third-order valence-corrected chi connectivity index (χ3v) is 1.95. The average molecular weight is 199 g/mol. The second-order valence-electron chi connectivity index (χ2n) is 2.45. The summed E-state index contributed by atoms with van der Waals surface area (Å²) in [6.45, 7) is 0. The molecule has 0 radical (unpaired) electrons. The molecular weight excluding hydrogens is 192 g/mol. The van der Waals surface area contributed by atoms with Crippen LogP contribution in [0.15, 0.2) is 24.3 Å². The maximum Gasteiger partial charge on any atom is 0.353 e. The fourth-order valence-corrected chi connectivity index (χ4v) is 1.27. The van der Waals surface area contributed by atoms with Crippen molar-refractivity contribution in [1.82, 2.24) is 16.5 Å². The van der Waals surface area contributed by atoms with E-state index in [0.717, 1.165) is 0 Å². The minimum atomic E-state index is -0.298. The molecule has 0 aliphatic carbocycles. The van der Waals surface area contributed by atoms with E-state index in [1.54, 1.807) is 24.3 Å². The molecule has 1 aliphatic heterocycles. The zero-order valence-electron chi connectivity index (χ0n) is 6.54. The van der Waals surface area contributed by atoms with Crippen molar-refractivity contribution in [2.45, 2.75) is 0 Å². The second kappa shape index (κ2) is 3.21. The predicted octanol–water partition coefficient (Wildman–Crippen LogP) is 0.794. The van der Waals surface area contributed by atoms with Crippen molar-refractivity contribution < 1.29 is 4.79 Å². The van der Waals surface area contributed by atoms with E-state index in [2.05, 4.69) is 16.5 Å². The van der Waals surface area contributed by atoms with Crippen molar-refractivity contribution >= 4 is 23.3 Å². The van der Waals surface area contributed by atoms with E-state index in [4.69, 9.17) is 11.6 Å². The van der Waals surface area contributed by atoms with Crippen molar-refractivity contribution in [1.29, 1.82) is 0 Å². The van der Waals surface area contributed by atoms with Crippen molar-refractivity contribution in [2.75, 3.05) is 5.01 Å². The molecule has 13 heavy (non-hydrogen) atoms. The van der Waals surface area contributed by atoms with E-state index < -0.39 is 0 Å². The van der Waals surface area contributed by atoms with Crippen LogP contribution in [-0.4, -0.2) is 6.03 Å². The normalized spacial score (nSPS) is 16.1. The summed E-state index contributed by atoms with van der Waals surface area (Å²) >= 11 is 5.88. The molecule has 3 N–H and O–H groups in total. The number of para-hydroxylation sites is 1. The van der Waals surface area contributed by atoms with Gasteiger partial charge in [-0.15, -0.1) is 11.1 Å². The van der Waals surface area contributed by atoms with Crippen LogP contribution in [0.1, 0.15) is 0 Å². The first-order chi connectivity index (χ1) is 6.29. The van der Waals surface area contributed by atoms with Crippen molar-refractivity contribution in [2.24, 2.45) is 0 Å². The molecule has 0 spiro atoms. The topological polar surface area (TPSA) is 56.4 Å². The molecular formula is C7H7ClN4O. The number of nitrogens with one attached hydrogen (secondary N) is 3. The second-order valence-corrected chi connectivity index (χ2v) is 2.86. The minimum absolute atomic E-state index is 0.298. The highest BCUT2D eigenvalue weighted by atomic mass is 35.5. The number of carbonyl (C=O) groups excluding carboxylic acids is 1. The van der Waals surface area contributed by atoms with E-state index >= 15 is 0 Å². The fraction of sp³-hybridized carbons (Fsp3) is 0. The molecule has 1 saturated heterocycles. The van der Waals surface area contributed by atoms with E-state index in [1.807, 2.05) is 0 Å². The molecule has 1 heterocycles. The van der Waals surface area contributed by atoms with Crippen LogP contribution in [0.2, 0.25) is 5.02 Å². The SMILES string of the molecule is O=C1NNNN1c1ccccc1Cl. The maximum absolute atomic E-state index is 11.2. The number of amides is 2. The zero-order chi connectivity index (χ0) is 9.26. The molecule has 1 aliphatic rings. The molecule has 1 aromatic rings. The Labute approximate surface area is 79.6 Å².